The van der Waals surface area contributed by atoms with E-state index in [-0.39, 0.29) is 32.4 Å². The van der Waals surface area contributed by atoms with Crippen molar-refractivity contribution in [3.63, 3.8) is 0 Å². The molecular weight excluding hydrogens is 296 g/mol. The zero-order valence-electron chi connectivity index (χ0n) is 9.35. The number of hydrogen-bond acceptors (Lipinski definition) is 5. The van der Waals surface area contributed by atoms with Gasteiger partial charge in [0.25, 0.3) is 0 Å². The minimum atomic E-state index is -0.374. The van der Waals surface area contributed by atoms with E-state index in [0.29, 0.717) is 0 Å². The average Bonchev–Trinajstić information content (AvgIpc) is 2.16. The van der Waals surface area contributed by atoms with E-state index in [4.69, 9.17) is 65.1 Å². The van der Waals surface area contributed by atoms with Crippen LogP contribution in [0.5, 0.6) is 0 Å². The van der Waals surface area contributed by atoms with Crippen LogP contribution in [0.4, 0.5) is 0 Å². The second kappa shape index (κ2) is 7.77. The van der Waals surface area contributed by atoms with Crippen LogP contribution in [0.25, 0.3) is 0 Å². The summed E-state index contributed by atoms with van der Waals surface area (Å²) in [7, 11) is 0. The van der Waals surface area contributed by atoms with Crippen molar-refractivity contribution in [2.24, 2.45) is 11.5 Å². The molecule has 6 N–H and O–H groups in total. The average molecular weight is 310 g/mol. The molecule has 0 saturated heterocycles. The van der Waals surface area contributed by atoms with Gasteiger partial charge in [0.15, 0.2) is 0 Å². The molecule has 0 fully saturated rings. The molecule has 0 heterocycles. The Morgan fingerprint density at radius 3 is 1.41 bits per heavy atom. The Bertz CT molecular complexity index is 314. The molecular formula is C8H14N4OS4. The molecule has 0 rings (SSSR count). The molecule has 0 aliphatic heterocycles. The maximum atomic E-state index is 5.46. The van der Waals surface area contributed by atoms with Gasteiger partial charge >= 0.3 is 0 Å². The first-order chi connectivity index (χ1) is 7.73. The summed E-state index contributed by atoms with van der Waals surface area (Å²) in [6, 6.07) is 0. The first-order valence-electron chi connectivity index (χ1n) is 4.60. The van der Waals surface area contributed by atoms with Crippen LogP contribution in [0.2, 0.25) is 0 Å². The number of nitrogens with one attached hydrogen (secondary N) is 2. The zero-order valence-corrected chi connectivity index (χ0v) is 12.6. The quantitative estimate of drug-likeness (QED) is 0.427. The van der Waals surface area contributed by atoms with E-state index >= 15 is 0 Å². The molecule has 9 heteroatoms. The summed E-state index contributed by atoms with van der Waals surface area (Å²) < 4.78 is 5.46. The topological polar surface area (TPSA) is 85.3 Å². The highest BCUT2D eigenvalue weighted by atomic mass is 32.1. The molecule has 17 heavy (non-hydrogen) atoms. The lowest BCUT2D eigenvalue weighted by atomic mass is 10.5. The van der Waals surface area contributed by atoms with E-state index < -0.39 is 0 Å². The SMILES string of the molecule is CC(NC(=S)C(N)=S)OC(C)NC(=S)C(N)=S. The van der Waals surface area contributed by atoms with Crippen LogP contribution >= 0.6 is 48.9 Å². The third-order valence-corrected chi connectivity index (χ3v) is 2.87. The smallest absolute Gasteiger partial charge is 0.135 e. The van der Waals surface area contributed by atoms with Crippen LogP contribution < -0.4 is 22.1 Å². The predicted molar refractivity (Wildman–Crippen MR) is 85.0 cm³/mol. The van der Waals surface area contributed by atoms with Gasteiger partial charge in [0, 0.05) is 0 Å². The summed E-state index contributed by atoms with van der Waals surface area (Å²) in [6.45, 7) is 3.51. The Kier molecular flexibility index (Phi) is 7.55. The Hall–Kier alpha value is -0.480. The van der Waals surface area contributed by atoms with Crippen LogP contribution in [0.1, 0.15) is 13.8 Å². The summed E-state index contributed by atoms with van der Waals surface area (Å²) in [5.74, 6) is 0. The molecule has 96 valence electrons. The molecule has 0 spiro atoms. The predicted octanol–water partition coefficient (Wildman–Crippen LogP) is 0.101. The lowest BCUT2D eigenvalue weighted by Crippen LogP contribution is -2.46. The van der Waals surface area contributed by atoms with Gasteiger partial charge in [-0.05, 0) is 13.8 Å². The van der Waals surface area contributed by atoms with Crippen LogP contribution in [-0.2, 0) is 4.74 Å². The molecule has 0 aromatic heterocycles. The van der Waals surface area contributed by atoms with E-state index in [9.17, 15) is 0 Å². The fourth-order valence-electron chi connectivity index (χ4n) is 0.886. The number of hydrogen-bond donors (Lipinski definition) is 4. The van der Waals surface area contributed by atoms with Crippen molar-refractivity contribution in [3.8, 4) is 0 Å². The molecule has 0 saturated carbocycles. The lowest BCUT2D eigenvalue weighted by Gasteiger charge is -2.22. The van der Waals surface area contributed by atoms with Gasteiger partial charge in [-0.25, -0.2) is 0 Å². The largest absolute Gasteiger partial charge is 0.388 e. The van der Waals surface area contributed by atoms with Crippen molar-refractivity contribution in [1.29, 1.82) is 0 Å². The van der Waals surface area contributed by atoms with Crippen molar-refractivity contribution < 1.29 is 4.74 Å². The van der Waals surface area contributed by atoms with Gasteiger partial charge in [0.1, 0.15) is 32.4 Å². The molecule has 0 aromatic rings. The second-order valence-electron chi connectivity index (χ2n) is 3.10. The standard InChI is InChI=1S/C8H14N4OS4/c1-3(11-7(16)5(9)14)13-4(2)12-8(17)6(10)15/h3-4H,1-2H3,(H2,9,14)(H2,10,15)(H,11,16)(H,12,17). The molecule has 5 nitrogen and oxygen atoms in total. The van der Waals surface area contributed by atoms with Crippen LogP contribution in [0.3, 0.4) is 0 Å². The third kappa shape index (κ3) is 7.45. The Labute approximate surface area is 122 Å². The minimum Gasteiger partial charge on any atom is -0.388 e. The zero-order chi connectivity index (χ0) is 13.6. The van der Waals surface area contributed by atoms with Gasteiger partial charge in [-0.3, -0.25) is 0 Å². The van der Waals surface area contributed by atoms with E-state index in [0.717, 1.165) is 0 Å². The monoisotopic (exact) mass is 310 g/mol. The van der Waals surface area contributed by atoms with Gasteiger partial charge in [0.05, 0.1) is 0 Å². The van der Waals surface area contributed by atoms with E-state index in [1.54, 1.807) is 13.8 Å². The summed E-state index contributed by atoms with van der Waals surface area (Å²) in [5.41, 5.74) is 10.7. The summed E-state index contributed by atoms with van der Waals surface area (Å²) in [6.07, 6.45) is -0.749. The molecule has 2 unspecified atom stereocenters. The van der Waals surface area contributed by atoms with Crippen LogP contribution in [-0.4, -0.2) is 32.4 Å². The van der Waals surface area contributed by atoms with E-state index in [1.807, 2.05) is 0 Å². The molecule has 0 aromatic carbocycles. The first kappa shape index (κ1) is 16.5. The van der Waals surface area contributed by atoms with Crippen LogP contribution in [0.15, 0.2) is 0 Å². The molecule has 0 aliphatic carbocycles. The highest BCUT2D eigenvalue weighted by Gasteiger charge is 2.12. The lowest BCUT2D eigenvalue weighted by molar-refractivity contribution is -0.00583. The highest BCUT2D eigenvalue weighted by molar-refractivity contribution is 7.89. The number of nitrogens with two attached hydrogens (primary N) is 2. The van der Waals surface area contributed by atoms with Gasteiger partial charge in [0.2, 0.25) is 0 Å². The summed E-state index contributed by atoms with van der Waals surface area (Å²) >= 11 is 19.2. The Balaban J connectivity index is 4.08. The van der Waals surface area contributed by atoms with E-state index in [2.05, 4.69) is 10.6 Å². The number of ether oxygens (including phenoxy) is 1. The minimum absolute atomic E-state index is 0.120. The van der Waals surface area contributed by atoms with Crippen molar-refractivity contribution in [2.75, 3.05) is 0 Å². The maximum absolute atomic E-state index is 5.46. The van der Waals surface area contributed by atoms with Crippen molar-refractivity contribution >= 4 is 68.8 Å². The summed E-state index contributed by atoms with van der Waals surface area (Å²) in [5, 5.41) is 5.62. The molecule has 0 amide bonds. The molecule has 0 aliphatic rings. The number of thiocarbonyl (C=S) groups is 4. The first-order valence-corrected chi connectivity index (χ1v) is 6.23. The fourth-order valence-corrected chi connectivity index (χ4v) is 1.34. The van der Waals surface area contributed by atoms with Crippen molar-refractivity contribution in [1.82, 2.24) is 10.6 Å². The van der Waals surface area contributed by atoms with Gasteiger partial charge in [-0.15, -0.1) is 0 Å². The fraction of sp³-hybridized carbons (Fsp3) is 0.500. The molecule has 2 atom stereocenters. The molecule has 0 bridgehead atoms. The third-order valence-electron chi connectivity index (χ3n) is 1.52. The normalized spacial score (nSPS) is 13.3. The Morgan fingerprint density at radius 1 is 0.882 bits per heavy atom. The Morgan fingerprint density at radius 2 is 1.18 bits per heavy atom. The van der Waals surface area contributed by atoms with E-state index in [1.165, 1.54) is 0 Å². The van der Waals surface area contributed by atoms with Gasteiger partial charge < -0.3 is 26.8 Å². The van der Waals surface area contributed by atoms with Gasteiger partial charge in [-0.1, -0.05) is 48.9 Å². The summed E-state index contributed by atoms with van der Waals surface area (Å²) in [4.78, 5) is 0.790. The molecule has 0 radical (unpaired) electrons. The van der Waals surface area contributed by atoms with Crippen LogP contribution in [0, 0.1) is 0 Å². The number of rotatable bonds is 4. The van der Waals surface area contributed by atoms with Gasteiger partial charge in [-0.2, -0.15) is 0 Å². The van der Waals surface area contributed by atoms with Crippen molar-refractivity contribution in [3.05, 3.63) is 0 Å². The second-order valence-corrected chi connectivity index (χ2v) is 4.79. The highest BCUT2D eigenvalue weighted by Crippen LogP contribution is 1.94. The maximum Gasteiger partial charge on any atom is 0.135 e. The van der Waals surface area contributed by atoms with Crippen molar-refractivity contribution in [2.45, 2.75) is 26.3 Å².